The van der Waals surface area contributed by atoms with Gasteiger partial charge in [0.05, 0.1) is 0 Å². The van der Waals surface area contributed by atoms with Crippen LogP contribution >= 0.6 is 7.14 Å². The van der Waals surface area contributed by atoms with E-state index in [1.54, 1.807) is 24.3 Å². The van der Waals surface area contributed by atoms with Gasteiger partial charge >= 0.3 is 0 Å². The molecule has 3 aromatic rings. The van der Waals surface area contributed by atoms with Gasteiger partial charge in [0.2, 0.25) is 18.2 Å². The first-order valence-corrected chi connectivity index (χ1v) is 14.5. The van der Waals surface area contributed by atoms with E-state index in [1.165, 1.54) is 0 Å². The van der Waals surface area contributed by atoms with Crippen LogP contribution in [0.25, 0.3) is 0 Å². The van der Waals surface area contributed by atoms with E-state index in [0.717, 1.165) is 33.4 Å². The van der Waals surface area contributed by atoms with Crippen LogP contribution in [-0.2, 0) is 4.57 Å². The van der Waals surface area contributed by atoms with Gasteiger partial charge in [0, 0.05) is 16.4 Å². The number of carbonyl (C=O) groups is 2. The van der Waals surface area contributed by atoms with Gasteiger partial charge in [0.15, 0.2) is 0 Å². The Bertz CT molecular complexity index is 1300. The average Bonchev–Trinajstić information content (AvgIpc) is 2.81. The normalized spacial score (nSPS) is 13.3. The summed E-state index contributed by atoms with van der Waals surface area (Å²) in [7, 11) is -4.22. The summed E-state index contributed by atoms with van der Waals surface area (Å²) in [6, 6.07) is 16.6. The molecule has 0 bridgehead atoms. The molecule has 0 spiro atoms. The topological polar surface area (TPSA) is 51.2 Å². The van der Waals surface area contributed by atoms with Gasteiger partial charge in [0.25, 0.3) is 0 Å². The first-order valence-electron chi connectivity index (χ1n) is 12.8. The first-order chi connectivity index (χ1) is 16.8. The summed E-state index contributed by atoms with van der Waals surface area (Å²) in [6.07, 6.45) is 0. The van der Waals surface area contributed by atoms with E-state index < -0.39 is 18.2 Å². The summed E-state index contributed by atoms with van der Waals surface area (Å²) in [5, 5.41) is 0.289. The Morgan fingerprint density at radius 3 is 1.50 bits per heavy atom. The number of carbonyl (C=O) groups excluding carboxylic acids is 2. The fourth-order valence-electron chi connectivity index (χ4n) is 5.00. The standard InChI is InChI=1S/C32H39O3P/c1-19(2)25-17-27(20(3)4)30(28(18-25)21(5)6)32(34)36(35,26-13-11-10-12-14-26)31(33)29-23(8)15-22(7)16-24(29)9/h10-21H,1-9H3. The number of aryl methyl sites for hydroxylation is 3. The van der Waals surface area contributed by atoms with Crippen molar-refractivity contribution in [1.82, 2.24) is 0 Å². The lowest BCUT2D eigenvalue weighted by molar-refractivity contribution is 0.103. The van der Waals surface area contributed by atoms with Gasteiger partial charge in [-0.3, -0.25) is 9.59 Å². The van der Waals surface area contributed by atoms with E-state index in [-0.39, 0.29) is 23.1 Å². The van der Waals surface area contributed by atoms with E-state index in [0.29, 0.717) is 11.1 Å². The third-order valence-corrected chi connectivity index (χ3v) is 9.55. The summed E-state index contributed by atoms with van der Waals surface area (Å²) in [4.78, 5) is 28.9. The molecule has 0 N–H and O–H groups in total. The van der Waals surface area contributed by atoms with Crippen LogP contribution in [0.5, 0.6) is 0 Å². The van der Waals surface area contributed by atoms with Crippen LogP contribution in [0.3, 0.4) is 0 Å². The van der Waals surface area contributed by atoms with Gasteiger partial charge in [0.1, 0.15) is 0 Å². The van der Waals surface area contributed by atoms with Crippen LogP contribution in [-0.4, -0.2) is 11.0 Å². The molecule has 36 heavy (non-hydrogen) atoms. The van der Waals surface area contributed by atoms with E-state index in [2.05, 4.69) is 26.0 Å². The van der Waals surface area contributed by atoms with Crippen LogP contribution in [0.4, 0.5) is 0 Å². The van der Waals surface area contributed by atoms with E-state index >= 15 is 4.57 Å². The lowest BCUT2D eigenvalue weighted by Crippen LogP contribution is -2.24. The molecule has 4 heteroatoms. The molecule has 3 nitrogen and oxygen atoms in total. The Kier molecular flexibility index (Phi) is 8.26. The minimum Gasteiger partial charge on any atom is -0.302 e. The molecule has 0 aromatic heterocycles. The molecular weight excluding hydrogens is 463 g/mol. The highest BCUT2D eigenvalue weighted by molar-refractivity contribution is 8.01. The second-order valence-electron chi connectivity index (χ2n) is 10.9. The van der Waals surface area contributed by atoms with Gasteiger partial charge in [-0.25, -0.2) is 0 Å². The zero-order valence-electron chi connectivity index (χ0n) is 23.1. The highest BCUT2D eigenvalue weighted by atomic mass is 31.2. The molecule has 190 valence electrons. The monoisotopic (exact) mass is 502 g/mol. The second kappa shape index (κ2) is 10.7. The quantitative estimate of drug-likeness (QED) is 0.290. The summed E-state index contributed by atoms with van der Waals surface area (Å²) in [6.45, 7) is 18.1. The van der Waals surface area contributed by atoms with Gasteiger partial charge in [-0.05, 0) is 66.3 Å². The van der Waals surface area contributed by atoms with Crippen molar-refractivity contribution in [3.63, 3.8) is 0 Å². The molecule has 0 radical (unpaired) electrons. The maximum absolute atomic E-state index is 15.1. The van der Waals surface area contributed by atoms with Gasteiger partial charge in [-0.1, -0.05) is 102 Å². The van der Waals surface area contributed by atoms with E-state index in [9.17, 15) is 9.59 Å². The third kappa shape index (κ3) is 5.04. The highest BCUT2D eigenvalue weighted by Gasteiger charge is 2.45. The molecule has 1 atom stereocenters. The molecule has 0 aliphatic rings. The molecular formula is C32H39O3P. The van der Waals surface area contributed by atoms with Crippen molar-refractivity contribution >= 4 is 23.5 Å². The zero-order valence-corrected chi connectivity index (χ0v) is 24.0. The Morgan fingerprint density at radius 1 is 0.639 bits per heavy atom. The van der Waals surface area contributed by atoms with Crippen LogP contribution in [0.1, 0.15) is 113 Å². The van der Waals surface area contributed by atoms with Crippen molar-refractivity contribution < 1.29 is 14.2 Å². The molecule has 0 heterocycles. The third-order valence-electron chi connectivity index (χ3n) is 6.93. The largest absolute Gasteiger partial charge is 0.302 e. The van der Waals surface area contributed by atoms with Crippen molar-refractivity contribution in [3.8, 4) is 0 Å². The summed E-state index contributed by atoms with van der Waals surface area (Å²) in [5.74, 6) is 0.342. The highest BCUT2D eigenvalue weighted by Crippen LogP contribution is 2.53. The van der Waals surface area contributed by atoms with Crippen molar-refractivity contribution in [3.05, 3.63) is 99.1 Å². The SMILES string of the molecule is Cc1cc(C)c(C(=O)P(=O)(C(=O)c2c(C(C)C)cc(C(C)C)cc2C(C)C)c2ccccc2)c(C)c1. The predicted octanol–water partition coefficient (Wildman–Crippen LogP) is 8.65. The van der Waals surface area contributed by atoms with Crippen LogP contribution in [0, 0.1) is 20.8 Å². The molecule has 0 aliphatic heterocycles. The Morgan fingerprint density at radius 2 is 1.08 bits per heavy atom. The van der Waals surface area contributed by atoms with Gasteiger partial charge in [-0.15, -0.1) is 0 Å². The molecule has 0 saturated carbocycles. The molecule has 1 unspecified atom stereocenters. The van der Waals surface area contributed by atoms with Crippen molar-refractivity contribution in [2.24, 2.45) is 0 Å². The van der Waals surface area contributed by atoms with E-state index in [4.69, 9.17) is 0 Å². The summed E-state index contributed by atoms with van der Waals surface area (Å²) < 4.78 is 15.1. The second-order valence-corrected chi connectivity index (χ2v) is 13.4. The van der Waals surface area contributed by atoms with Crippen LogP contribution < -0.4 is 5.30 Å². The zero-order chi connectivity index (χ0) is 26.9. The minimum absolute atomic E-state index is 0.0299. The molecule has 0 amide bonds. The maximum Gasteiger partial charge on any atom is 0.248 e. The number of hydrogen-bond acceptors (Lipinski definition) is 3. The molecule has 3 rings (SSSR count). The molecule has 3 aromatic carbocycles. The fraction of sp³-hybridized carbons (Fsp3) is 0.375. The van der Waals surface area contributed by atoms with Gasteiger partial charge in [-0.2, -0.15) is 0 Å². The number of hydrogen-bond donors (Lipinski definition) is 0. The summed E-state index contributed by atoms with van der Waals surface area (Å²) >= 11 is 0. The van der Waals surface area contributed by atoms with Crippen LogP contribution in [0.2, 0.25) is 0 Å². The summed E-state index contributed by atoms with van der Waals surface area (Å²) in [5.41, 5.74) is 5.07. The predicted molar refractivity (Wildman–Crippen MR) is 152 cm³/mol. The fourth-order valence-corrected chi connectivity index (χ4v) is 7.49. The lowest BCUT2D eigenvalue weighted by Gasteiger charge is -2.25. The number of benzene rings is 3. The lowest BCUT2D eigenvalue weighted by atomic mass is 9.85. The molecule has 0 saturated heterocycles. The molecule has 0 fully saturated rings. The average molecular weight is 503 g/mol. The Hall–Kier alpha value is -2.77. The first kappa shape index (κ1) is 27.8. The van der Waals surface area contributed by atoms with Gasteiger partial charge < -0.3 is 4.57 Å². The van der Waals surface area contributed by atoms with Crippen molar-refractivity contribution in [2.75, 3.05) is 0 Å². The van der Waals surface area contributed by atoms with Crippen molar-refractivity contribution in [1.29, 1.82) is 0 Å². The maximum atomic E-state index is 15.1. The van der Waals surface area contributed by atoms with Crippen LogP contribution in [0.15, 0.2) is 54.6 Å². The van der Waals surface area contributed by atoms with Crippen molar-refractivity contribution in [2.45, 2.75) is 80.1 Å². The Labute approximate surface area is 216 Å². The van der Waals surface area contributed by atoms with E-state index in [1.807, 2.05) is 66.7 Å². The smallest absolute Gasteiger partial charge is 0.248 e. The Balaban J connectivity index is 2.41. The molecule has 0 aliphatic carbocycles. The minimum atomic E-state index is -4.22. The number of rotatable bonds is 8.